The van der Waals surface area contributed by atoms with Gasteiger partial charge in [-0.3, -0.25) is 0 Å². The molecule has 104 valence electrons. The van der Waals surface area contributed by atoms with Crippen LogP contribution in [0.15, 0.2) is 41.6 Å². The van der Waals surface area contributed by atoms with Gasteiger partial charge in [-0.05, 0) is 18.2 Å². The van der Waals surface area contributed by atoms with E-state index in [0.717, 1.165) is 18.6 Å². The molecule has 1 aromatic carbocycles. The van der Waals surface area contributed by atoms with Crippen LogP contribution in [0, 0.1) is 0 Å². The lowest BCUT2D eigenvalue weighted by Crippen LogP contribution is -2.00. The molecular weight excluding hydrogens is 284 g/mol. The minimum absolute atomic E-state index is 0.0674. The summed E-state index contributed by atoms with van der Waals surface area (Å²) in [4.78, 5) is 18.2. The fourth-order valence-corrected chi connectivity index (χ4v) is 2.01. The number of nitrogens with zero attached hydrogens (tertiary/aromatic N) is 2. The Labute approximate surface area is 114 Å². The van der Waals surface area contributed by atoms with Crippen molar-refractivity contribution >= 4 is 15.8 Å². The van der Waals surface area contributed by atoms with Gasteiger partial charge in [0, 0.05) is 18.6 Å². The van der Waals surface area contributed by atoms with Crippen LogP contribution < -0.4 is 4.74 Å². The van der Waals surface area contributed by atoms with Crippen molar-refractivity contribution in [3.05, 3.63) is 42.2 Å². The van der Waals surface area contributed by atoms with E-state index in [2.05, 4.69) is 9.97 Å². The van der Waals surface area contributed by atoms with Gasteiger partial charge in [0.1, 0.15) is 5.75 Å². The van der Waals surface area contributed by atoms with E-state index in [1.54, 1.807) is 6.07 Å². The minimum Gasteiger partial charge on any atom is -0.478 e. The van der Waals surface area contributed by atoms with Crippen LogP contribution in [0.25, 0.3) is 0 Å². The smallest absolute Gasteiger partial charge is 0.338 e. The Bertz CT molecular complexity index is 741. The first-order chi connectivity index (χ1) is 9.36. The first kappa shape index (κ1) is 13.9. The summed E-state index contributed by atoms with van der Waals surface area (Å²) < 4.78 is 28.1. The number of carboxylic acid groups (broad SMARTS) is 1. The maximum atomic E-state index is 11.4. The fraction of sp³-hybridized carbons (Fsp3) is 0.0833. The summed E-state index contributed by atoms with van der Waals surface area (Å²) in [6, 6.07) is 5.78. The van der Waals surface area contributed by atoms with E-state index in [0.29, 0.717) is 0 Å². The molecule has 0 radical (unpaired) electrons. The number of ether oxygens (including phenoxy) is 1. The molecule has 1 N–H and O–H groups in total. The van der Waals surface area contributed by atoms with Crippen LogP contribution in [-0.2, 0) is 9.84 Å². The molecule has 0 saturated carbocycles. The topological polar surface area (TPSA) is 106 Å². The monoisotopic (exact) mass is 294 g/mol. The second-order valence-electron chi connectivity index (χ2n) is 3.91. The molecule has 0 amide bonds. The molecule has 20 heavy (non-hydrogen) atoms. The lowest BCUT2D eigenvalue weighted by molar-refractivity contribution is 0.0696. The van der Waals surface area contributed by atoms with Gasteiger partial charge in [0.2, 0.25) is 0 Å². The second-order valence-corrected chi connectivity index (χ2v) is 5.92. The zero-order chi connectivity index (χ0) is 14.8. The molecule has 1 heterocycles. The van der Waals surface area contributed by atoms with Gasteiger partial charge in [-0.2, -0.15) is 0 Å². The molecule has 1 aromatic heterocycles. The van der Waals surface area contributed by atoms with E-state index in [1.165, 1.54) is 18.2 Å². The molecule has 0 aliphatic rings. The van der Waals surface area contributed by atoms with Crippen molar-refractivity contribution in [1.82, 2.24) is 9.97 Å². The highest BCUT2D eigenvalue weighted by atomic mass is 32.2. The summed E-state index contributed by atoms with van der Waals surface area (Å²) in [7, 11) is -3.33. The molecule has 2 rings (SSSR count). The minimum atomic E-state index is -3.33. The third kappa shape index (κ3) is 3.29. The summed E-state index contributed by atoms with van der Waals surface area (Å²) in [5.74, 6) is -0.897. The van der Waals surface area contributed by atoms with Crippen molar-refractivity contribution < 1.29 is 23.1 Å². The van der Waals surface area contributed by atoms with Crippen molar-refractivity contribution in [3.63, 3.8) is 0 Å². The van der Waals surface area contributed by atoms with E-state index in [1.807, 2.05) is 0 Å². The SMILES string of the molecule is CS(=O)(=O)c1cccc(Oc2ncc(C(=O)O)cn2)c1. The van der Waals surface area contributed by atoms with E-state index >= 15 is 0 Å². The molecule has 0 bridgehead atoms. The van der Waals surface area contributed by atoms with Gasteiger partial charge in [-0.25, -0.2) is 23.2 Å². The number of carbonyl (C=O) groups is 1. The molecule has 0 aliphatic heterocycles. The number of rotatable bonds is 4. The predicted octanol–water partition coefficient (Wildman–Crippen LogP) is 1.37. The van der Waals surface area contributed by atoms with Crippen molar-refractivity contribution in [2.75, 3.05) is 6.26 Å². The van der Waals surface area contributed by atoms with Crippen LogP contribution in [0.5, 0.6) is 11.8 Å². The number of benzene rings is 1. The van der Waals surface area contributed by atoms with Crippen LogP contribution in [0.2, 0.25) is 0 Å². The molecule has 2 aromatic rings. The van der Waals surface area contributed by atoms with E-state index in [4.69, 9.17) is 9.84 Å². The number of aromatic nitrogens is 2. The Kier molecular flexibility index (Phi) is 3.66. The average molecular weight is 294 g/mol. The molecule has 0 aliphatic carbocycles. The van der Waals surface area contributed by atoms with Crippen LogP contribution in [0.1, 0.15) is 10.4 Å². The summed E-state index contributed by atoms with van der Waals surface area (Å²) in [5, 5.41) is 8.70. The second kappa shape index (κ2) is 5.25. The number of aromatic carboxylic acids is 1. The highest BCUT2D eigenvalue weighted by molar-refractivity contribution is 7.90. The Morgan fingerprint density at radius 1 is 1.25 bits per heavy atom. The molecule has 0 spiro atoms. The lowest BCUT2D eigenvalue weighted by atomic mass is 10.3. The number of carboxylic acids is 1. The Hall–Kier alpha value is -2.48. The summed E-state index contributed by atoms with van der Waals surface area (Å²) in [6.45, 7) is 0. The number of hydrogen-bond acceptors (Lipinski definition) is 6. The predicted molar refractivity (Wildman–Crippen MR) is 68.6 cm³/mol. The number of hydrogen-bond donors (Lipinski definition) is 1. The van der Waals surface area contributed by atoms with Gasteiger partial charge in [0.25, 0.3) is 0 Å². The molecule has 0 unspecified atom stereocenters. The third-order valence-corrected chi connectivity index (χ3v) is 3.43. The maximum absolute atomic E-state index is 11.4. The molecular formula is C12H10N2O5S. The molecule has 0 saturated heterocycles. The van der Waals surface area contributed by atoms with Gasteiger partial charge in [0.15, 0.2) is 9.84 Å². The van der Waals surface area contributed by atoms with Crippen molar-refractivity contribution in [3.8, 4) is 11.8 Å². The fourth-order valence-electron chi connectivity index (χ4n) is 1.35. The van der Waals surface area contributed by atoms with Crippen LogP contribution in [0.4, 0.5) is 0 Å². The number of sulfone groups is 1. The zero-order valence-corrected chi connectivity index (χ0v) is 11.2. The van der Waals surface area contributed by atoms with Gasteiger partial charge >= 0.3 is 12.0 Å². The van der Waals surface area contributed by atoms with Crippen LogP contribution in [0.3, 0.4) is 0 Å². The van der Waals surface area contributed by atoms with Gasteiger partial charge in [0.05, 0.1) is 10.5 Å². The van der Waals surface area contributed by atoms with E-state index in [9.17, 15) is 13.2 Å². The summed E-state index contributed by atoms with van der Waals surface area (Å²) >= 11 is 0. The first-order valence-corrected chi connectivity index (χ1v) is 7.29. The standard InChI is InChI=1S/C12H10N2O5S/c1-20(17,18)10-4-2-3-9(5-10)19-12-13-6-8(7-14-12)11(15)16/h2-7H,1H3,(H,15,16). The molecule has 7 nitrogen and oxygen atoms in total. The summed E-state index contributed by atoms with van der Waals surface area (Å²) in [6.07, 6.45) is 3.29. The van der Waals surface area contributed by atoms with Crippen molar-refractivity contribution in [1.29, 1.82) is 0 Å². The quantitative estimate of drug-likeness (QED) is 0.907. The zero-order valence-electron chi connectivity index (χ0n) is 10.3. The lowest BCUT2D eigenvalue weighted by Gasteiger charge is -2.05. The Morgan fingerprint density at radius 3 is 2.45 bits per heavy atom. The van der Waals surface area contributed by atoms with E-state index < -0.39 is 15.8 Å². The Morgan fingerprint density at radius 2 is 1.90 bits per heavy atom. The van der Waals surface area contributed by atoms with Crippen LogP contribution >= 0.6 is 0 Å². The van der Waals surface area contributed by atoms with Crippen molar-refractivity contribution in [2.24, 2.45) is 0 Å². The molecule has 8 heteroatoms. The molecule has 0 atom stereocenters. The third-order valence-electron chi connectivity index (χ3n) is 2.32. The van der Waals surface area contributed by atoms with Crippen LogP contribution in [-0.4, -0.2) is 35.7 Å². The van der Waals surface area contributed by atoms with Gasteiger partial charge < -0.3 is 9.84 Å². The summed E-state index contributed by atoms with van der Waals surface area (Å²) in [5.41, 5.74) is -0.0674. The van der Waals surface area contributed by atoms with Gasteiger partial charge in [-0.15, -0.1) is 0 Å². The average Bonchev–Trinajstić information content (AvgIpc) is 2.38. The first-order valence-electron chi connectivity index (χ1n) is 5.39. The Balaban J connectivity index is 2.24. The van der Waals surface area contributed by atoms with Crippen molar-refractivity contribution in [2.45, 2.75) is 4.90 Å². The van der Waals surface area contributed by atoms with E-state index in [-0.39, 0.29) is 22.2 Å². The maximum Gasteiger partial charge on any atom is 0.338 e. The highest BCUT2D eigenvalue weighted by Crippen LogP contribution is 2.21. The van der Waals surface area contributed by atoms with Gasteiger partial charge in [-0.1, -0.05) is 6.07 Å². The highest BCUT2D eigenvalue weighted by Gasteiger charge is 2.10. The molecule has 0 fully saturated rings. The normalized spacial score (nSPS) is 11.1. The largest absolute Gasteiger partial charge is 0.478 e.